The van der Waals surface area contributed by atoms with Gasteiger partial charge in [0.2, 0.25) is 0 Å². The predicted molar refractivity (Wildman–Crippen MR) is 67.4 cm³/mol. The summed E-state index contributed by atoms with van der Waals surface area (Å²) in [6.45, 7) is 2.24. The van der Waals surface area contributed by atoms with Crippen molar-refractivity contribution in [3.63, 3.8) is 0 Å². The van der Waals surface area contributed by atoms with Crippen molar-refractivity contribution >= 4 is 15.9 Å². The first-order valence-corrected chi connectivity index (χ1v) is 5.74. The lowest BCUT2D eigenvalue weighted by atomic mass is 10.1. The van der Waals surface area contributed by atoms with Crippen LogP contribution in [-0.2, 0) is 6.42 Å². The first-order valence-electron chi connectivity index (χ1n) is 4.95. The molecule has 0 fully saturated rings. The minimum atomic E-state index is 1.24. The maximum atomic E-state index is 4.51. The van der Waals surface area contributed by atoms with Crippen LogP contribution in [0.2, 0.25) is 0 Å². The van der Waals surface area contributed by atoms with Crippen molar-refractivity contribution in [3.05, 3.63) is 35.9 Å². The van der Waals surface area contributed by atoms with E-state index < -0.39 is 0 Å². The molecule has 0 N–H and O–H groups in total. The van der Waals surface area contributed by atoms with Crippen molar-refractivity contribution in [1.29, 1.82) is 0 Å². The summed E-state index contributed by atoms with van der Waals surface area (Å²) in [7, 11) is 0. The molecule has 1 aromatic rings. The molecular formula is C13H17Br. The van der Waals surface area contributed by atoms with Crippen LogP contribution in [0.15, 0.2) is 30.3 Å². The summed E-state index contributed by atoms with van der Waals surface area (Å²) in [5, 5.41) is 0. The number of terminal acetylenes is 1. The van der Waals surface area contributed by atoms with E-state index in [0.29, 0.717) is 0 Å². The fourth-order valence-electron chi connectivity index (χ4n) is 1.22. The van der Waals surface area contributed by atoms with E-state index in [1.165, 1.54) is 31.2 Å². The van der Waals surface area contributed by atoms with E-state index >= 15 is 0 Å². The van der Waals surface area contributed by atoms with Crippen molar-refractivity contribution in [1.82, 2.24) is 0 Å². The smallest absolute Gasteiger partial charge is 0.0103 e. The average Bonchev–Trinajstić information content (AvgIpc) is 2.21. The number of hydrogen-bond acceptors (Lipinski definition) is 0. The SMILES string of the molecule is C#CBr.CCCCCc1ccccc1. The Morgan fingerprint density at radius 2 is 1.79 bits per heavy atom. The van der Waals surface area contributed by atoms with Gasteiger partial charge in [0.15, 0.2) is 0 Å². The molecule has 1 heteroatoms. The van der Waals surface area contributed by atoms with Crippen LogP contribution >= 0.6 is 15.9 Å². The molecule has 0 radical (unpaired) electrons. The molecule has 0 aromatic heterocycles. The largest absolute Gasteiger partial charge is 0.108 e. The highest BCUT2D eigenvalue weighted by Crippen LogP contribution is 2.05. The van der Waals surface area contributed by atoms with Gasteiger partial charge in [-0.2, -0.15) is 0 Å². The highest BCUT2D eigenvalue weighted by molar-refractivity contribution is 9.12. The number of halogens is 1. The Kier molecular flexibility index (Phi) is 9.79. The summed E-state index contributed by atoms with van der Waals surface area (Å²) in [6, 6.07) is 10.7. The number of hydrogen-bond donors (Lipinski definition) is 0. The second-order valence-electron chi connectivity index (χ2n) is 3.05. The summed E-state index contributed by atoms with van der Waals surface area (Å²) in [6.07, 6.45) is 9.76. The Labute approximate surface area is 95.9 Å². The Hall–Kier alpha value is -0.740. The van der Waals surface area contributed by atoms with Gasteiger partial charge >= 0.3 is 0 Å². The molecule has 0 amide bonds. The molecule has 0 nitrogen and oxygen atoms in total. The lowest BCUT2D eigenvalue weighted by Crippen LogP contribution is -1.83. The fourth-order valence-corrected chi connectivity index (χ4v) is 1.22. The zero-order valence-electron chi connectivity index (χ0n) is 8.67. The molecule has 76 valence electrons. The fraction of sp³-hybridized carbons (Fsp3) is 0.385. The van der Waals surface area contributed by atoms with Crippen LogP contribution in [0.25, 0.3) is 0 Å². The van der Waals surface area contributed by atoms with Crippen LogP contribution in [0.1, 0.15) is 31.7 Å². The third-order valence-electron chi connectivity index (χ3n) is 1.91. The van der Waals surface area contributed by atoms with Gasteiger partial charge in [0.05, 0.1) is 0 Å². The van der Waals surface area contributed by atoms with Gasteiger partial charge in [-0.25, -0.2) is 0 Å². The standard InChI is InChI=1S/C11H16.C2HBr/c1-2-3-5-8-11-9-6-4-7-10-11;1-2-3/h4,6-7,9-10H,2-3,5,8H2,1H3;1H. The second-order valence-corrected chi connectivity index (χ2v) is 3.51. The summed E-state index contributed by atoms with van der Waals surface area (Å²) in [5.41, 5.74) is 1.47. The topological polar surface area (TPSA) is 0 Å². The molecule has 14 heavy (non-hydrogen) atoms. The van der Waals surface area contributed by atoms with Crippen LogP contribution in [0, 0.1) is 11.3 Å². The van der Waals surface area contributed by atoms with Crippen LogP contribution in [0.4, 0.5) is 0 Å². The summed E-state index contributed by atoms with van der Waals surface area (Å²) < 4.78 is 0. The normalized spacial score (nSPS) is 8.36. The van der Waals surface area contributed by atoms with Crippen LogP contribution in [0.3, 0.4) is 0 Å². The van der Waals surface area contributed by atoms with E-state index in [4.69, 9.17) is 0 Å². The van der Waals surface area contributed by atoms with Gasteiger partial charge in [-0.1, -0.05) is 50.1 Å². The highest BCUT2D eigenvalue weighted by atomic mass is 79.9. The number of aryl methyl sites for hydroxylation is 1. The zero-order valence-corrected chi connectivity index (χ0v) is 10.3. The lowest BCUT2D eigenvalue weighted by molar-refractivity contribution is 0.717. The van der Waals surface area contributed by atoms with Gasteiger partial charge in [0.25, 0.3) is 0 Å². The molecule has 0 saturated heterocycles. The Balaban J connectivity index is 0.000000500. The molecule has 1 aromatic carbocycles. The maximum Gasteiger partial charge on any atom is 0.0103 e. The van der Waals surface area contributed by atoms with Crippen LogP contribution in [-0.4, -0.2) is 0 Å². The molecule has 0 aliphatic heterocycles. The maximum absolute atomic E-state index is 4.51. The average molecular weight is 253 g/mol. The van der Waals surface area contributed by atoms with Gasteiger partial charge in [-0.3, -0.25) is 0 Å². The monoisotopic (exact) mass is 252 g/mol. The molecule has 0 aliphatic rings. The minimum absolute atomic E-state index is 1.24. The van der Waals surface area contributed by atoms with Crippen molar-refractivity contribution in [3.8, 4) is 11.3 Å². The number of unbranched alkanes of at least 4 members (excludes halogenated alkanes) is 2. The first kappa shape index (κ1) is 13.3. The van der Waals surface area contributed by atoms with E-state index in [1.54, 1.807) is 0 Å². The summed E-state index contributed by atoms with van der Waals surface area (Å²) >= 11 is 2.67. The summed E-state index contributed by atoms with van der Waals surface area (Å²) in [4.78, 5) is 2.06. The first-order chi connectivity index (χ1) is 6.85. The van der Waals surface area contributed by atoms with Gasteiger partial charge in [-0.05, 0) is 23.2 Å². The Bertz CT molecular complexity index is 246. The number of benzene rings is 1. The minimum Gasteiger partial charge on any atom is -0.108 e. The van der Waals surface area contributed by atoms with Crippen molar-refractivity contribution in [2.45, 2.75) is 32.6 Å². The van der Waals surface area contributed by atoms with Gasteiger partial charge in [0.1, 0.15) is 0 Å². The van der Waals surface area contributed by atoms with Crippen molar-refractivity contribution in [2.75, 3.05) is 0 Å². The third-order valence-corrected chi connectivity index (χ3v) is 1.91. The van der Waals surface area contributed by atoms with Gasteiger partial charge < -0.3 is 0 Å². The molecule has 0 heterocycles. The van der Waals surface area contributed by atoms with Crippen LogP contribution in [0.5, 0.6) is 0 Å². The molecule has 0 unspecified atom stereocenters. The molecule has 0 spiro atoms. The van der Waals surface area contributed by atoms with E-state index in [2.05, 4.69) is 64.4 Å². The zero-order chi connectivity index (χ0) is 10.6. The van der Waals surface area contributed by atoms with E-state index in [9.17, 15) is 0 Å². The Morgan fingerprint density at radius 3 is 2.29 bits per heavy atom. The van der Waals surface area contributed by atoms with Crippen molar-refractivity contribution < 1.29 is 0 Å². The molecule has 0 saturated carbocycles. The highest BCUT2D eigenvalue weighted by Gasteiger charge is 1.89. The molecule has 0 bridgehead atoms. The Morgan fingerprint density at radius 1 is 1.21 bits per heavy atom. The van der Waals surface area contributed by atoms with Crippen LogP contribution < -0.4 is 0 Å². The predicted octanol–water partition coefficient (Wildman–Crippen LogP) is 4.39. The summed E-state index contributed by atoms with van der Waals surface area (Å²) in [5.74, 6) is 0. The van der Waals surface area contributed by atoms with E-state index in [1.807, 2.05) is 0 Å². The van der Waals surface area contributed by atoms with Crippen molar-refractivity contribution in [2.24, 2.45) is 0 Å². The van der Waals surface area contributed by atoms with E-state index in [0.717, 1.165) is 0 Å². The molecule has 0 atom stereocenters. The lowest BCUT2D eigenvalue weighted by Gasteiger charge is -1.98. The molecule has 0 aliphatic carbocycles. The molecular weight excluding hydrogens is 236 g/mol. The van der Waals surface area contributed by atoms with Gasteiger partial charge in [-0.15, -0.1) is 6.42 Å². The van der Waals surface area contributed by atoms with Gasteiger partial charge in [0, 0.05) is 15.9 Å². The second kappa shape index (κ2) is 10.3. The third kappa shape index (κ3) is 7.89. The number of rotatable bonds is 4. The molecule has 1 rings (SSSR count). The quantitative estimate of drug-likeness (QED) is 0.551. The van der Waals surface area contributed by atoms with E-state index in [-0.39, 0.29) is 0 Å².